The van der Waals surface area contributed by atoms with E-state index in [0.717, 1.165) is 22.9 Å². The molecule has 0 aliphatic carbocycles. The molecule has 3 aromatic carbocycles. The topological polar surface area (TPSA) is 66.5 Å². The van der Waals surface area contributed by atoms with Gasteiger partial charge in [-0.2, -0.15) is 0 Å². The largest absolute Gasteiger partial charge is 0.343 e. The van der Waals surface area contributed by atoms with Gasteiger partial charge in [0.15, 0.2) is 0 Å². The van der Waals surface area contributed by atoms with Gasteiger partial charge < -0.3 is 5.32 Å². The lowest BCUT2D eigenvalue weighted by Gasteiger charge is -2.32. The van der Waals surface area contributed by atoms with Gasteiger partial charge in [-0.3, -0.25) is 9.10 Å². The van der Waals surface area contributed by atoms with E-state index in [-0.39, 0.29) is 11.9 Å². The molecule has 1 amide bonds. The van der Waals surface area contributed by atoms with Crippen molar-refractivity contribution in [1.82, 2.24) is 5.32 Å². The number of nitrogens with one attached hydrogen (secondary N) is 1. The van der Waals surface area contributed by atoms with E-state index in [4.69, 9.17) is 0 Å². The maximum absolute atomic E-state index is 13.5. The van der Waals surface area contributed by atoms with Gasteiger partial charge in [0.25, 0.3) is 0 Å². The van der Waals surface area contributed by atoms with Crippen LogP contribution in [0.2, 0.25) is 0 Å². The molecule has 0 aliphatic heterocycles. The third kappa shape index (κ3) is 5.52. The van der Waals surface area contributed by atoms with Gasteiger partial charge in [0, 0.05) is 0 Å². The van der Waals surface area contributed by atoms with Gasteiger partial charge in [0.2, 0.25) is 15.9 Å². The average molecular weight is 437 g/mol. The second-order valence-corrected chi connectivity index (χ2v) is 9.44. The molecule has 1 atom stereocenters. The first-order chi connectivity index (χ1) is 14.8. The van der Waals surface area contributed by atoms with Crippen molar-refractivity contribution in [2.75, 3.05) is 10.6 Å². The second kappa shape index (κ2) is 9.79. The Kier molecular flexibility index (Phi) is 7.13. The van der Waals surface area contributed by atoms with Gasteiger partial charge in [-0.25, -0.2) is 8.42 Å². The Balaban J connectivity index is 1.99. The van der Waals surface area contributed by atoms with E-state index in [2.05, 4.69) is 5.32 Å². The summed E-state index contributed by atoms with van der Waals surface area (Å²) >= 11 is 0. The SMILES string of the molecule is CCC(C(=O)NC(c1ccccc1)c1ccccc1)N(c1cccc(C)c1)S(C)(=O)=O. The number of carbonyl (C=O) groups is 1. The molecule has 0 spiro atoms. The van der Waals surface area contributed by atoms with Crippen molar-refractivity contribution in [3.05, 3.63) is 102 Å². The number of sulfonamides is 1. The van der Waals surface area contributed by atoms with Crippen LogP contribution in [0.3, 0.4) is 0 Å². The highest BCUT2D eigenvalue weighted by atomic mass is 32.2. The maximum atomic E-state index is 13.5. The minimum atomic E-state index is -3.68. The lowest BCUT2D eigenvalue weighted by molar-refractivity contribution is -0.122. The summed E-state index contributed by atoms with van der Waals surface area (Å²) in [5.41, 5.74) is 3.27. The van der Waals surface area contributed by atoms with Crippen molar-refractivity contribution in [3.63, 3.8) is 0 Å². The highest BCUT2D eigenvalue weighted by Crippen LogP contribution is 2.26. The van der Waals surface area contributed by atoms with E-state index in [9.17, 15) is 13.2 Å². The molecule has 0 aliphatic rings. The highest BCUT2D eigenvalue weighted by Gasteiger charge is 2.33. The van der Waals surface area contributed by atoms with E-state index >= 15 is 0 Å². The Bertz CT molecular complexity index is 1080. The summed E-state index contributed by atoms with van der Waals surface area (Å²) < 4.78 is 26.7. The van der Waals surface area contributed by atoms with Crippen molar-refractivity contribution >= 4 is 21.6 Å². The molecule has 0 saturated carbocycles. The minimum absolute atomic E-state index is 0.336. The van der Waals surface area contributed by atoms with Crippen LogP contribution in [0, 0.1) is 6.92 Å². The molecule has 1 unspecified atom stereocenters. The molecule has 3 aromatic rings. The highest BCUT2D eigenvalue weighted by molar-refractivity contribution is 7.92. The average Bonchev–Trinajstić information content (AvgIpc) is 2.75. The van der Waals surface area contributed by atoms with E-state index in [1.807, 2.05) is 80.6 Å². The molecule has 0 radical (unpaired) electrons. The number of hydrogen-bond donors (Lipinski definition) is 1. The predicted molar refractivity (Wildman–Crippen MR) is 125 cm³/mol. The molecule has 0 saturated heterocycles. The summed E-state index contributed by atoms with van der Waals surface area (Å²) in [5, 5.41) is 3.09. The Morgan fingerprint density at radius 1 is 0.903 bits per heavy atom. The van der Waals surface area contributed by atoms with Gasteiger partial charge in [-0.05, 0) is 42.2 Å². The zero-order chi connectivity index (χ0) is 22.4. The van der Waals surface area contributed by atoms with Gasteiger partial charge in [-0.1, -0.05) is 79.7 Å². The zero-order valence-corrected chi connectivity index (χ0v) is 18.8. The fraction of sp³-hybridized carbons (Fsp3) is 0.240. The van der Waals surface area contributed by atoms with E-state index in [0.29, 0.717) is 12.1 Å². The van der Waals surface area contributed by atoms with E-state index in [1.54, 1.807) is 18.2 Å². The Morgan fingerprint density at radius 3 is 1.90 bits per heavy atom. The first-order valence-corrected chi connectivity index (χ1v) is 12.1. The van der Waals surface area contributed by atoms with Crippen LogP contribution < -0.4 is 9.62 Å². The molecule has 0 fully saturated rings. The first-order valence-electron chi connectivity index (χ1n) is 10.3. The molecule has 6 heteroatoms. The van der Waals surface area contributed by atoms with Crippen LogP contribution in [-0.4, -0.2) is 26.6 Å². The van der Waals surface area contributed by atoms with Gasteiger partial charge in [0.1, 0.15) is 6.04 Å². The Hall–Kier alpha value is -3.12. The van der Waals surface area contributed by atoms with Crippen molar-refractivity contribution in [1.29, 1.82) is 0 Å². The number of benzene rings is 3. The summed E-state index contributed by atoms with van der Waals surface area (Å²) in [4.78, 5) is 13.5. The third-order valence-corrected chi connectivity index (χ3v) is 6.32. The molecule has 1 N–H and O–H groups in total. The number of aryl methyl sites for hydroxylation is 1. The van der Waals surface area contributed by atoms with Crippen molar-refractivity contribution in [3.8, 4) is 0 Å². The van der Waals surface area contributed by atoms with Crippen LogP contribution in [0.4, 0.5) is 5.69 Å². The summed E-state index contributed by atoms with van der Waals surface area (Å²) in [6.07, 6.45) is 1.47. The summed E-state index contributed by atoms with van der Waals surface area (Å²) in [6.45, 7) is 3.71. The summed E-state index contributed by atoms with van der Waals surface area (Å²) in [7, 11) is -3.68. The minimum Gasteiger partial charge on any atom is -0.343 e. The van der Waals surface area contributed by atoms with Crippen molar-refractivity contribution in [2.24, 2.45) is 0 Å². The molecular formula is C25H28N2O3S. The van der Waals surface area contributed by atoms with Gasteiger partial charge in [-0.15, -0.1) is 0 Å². The maximum Gasteiger partial charge on any atom is 0.244 e. The van der Waals surface area contributed by atoms with Crippen LogP contribution in [0.1, 0.15) is 36.1 Å². The number of rotatable bonds is 8. The number of nitrogens with zero attached hydrogens (tertiary/aromatic N) is 1. The van der Waals surface area contributed by atoms with Gasteiger partial charge >= 0.3 is 0 Å². The van der Waals surface area contributed by atoms with Crippen LogP contribution >= 0.6 is 0 Å². The lowest BCUT2D eigenvalue weighted by Crippen LogP contribution is -2.50. The molecule has 0 aromatic heterocycles. The molecular weight excluding hydrogens is 408 g/mol. The van der Waals surface area contributed by atoms with Crippen LogP contribution in [0.15, 0.2) is 84.9 Å². The number of hydrogen-bond acceptors (Lipinski definition) is 3. The fourth-order valence-electron chi connectivity index (χ4n) is 3.71. The quantitative estimate of drug-likeness (QED) is 0.567. The second-order valence-electron chi connectivity index (χ2n) is 7.58. The van der Waals surface area contributed by atoms with Crippen molar-refractivity contribution in [2.45, 2.75) is 32.4 Å². The summed E-state index contributed by atoms with van der Waals surface area (Å²) in [6, 6.07) is 25.3. The van der Waals surface area contributed by atoms with E-state index in [1.165, 1.54) is 4.31 Å². The normalized spacial score (nSPS) is 12.4. The first kappa shape index (κ1) is 22.6. The fourth-order valence-corrected chi connectivity index (χ4v) is 4.92. The Morgan fingerprint density at radius 2 is 1.45 bits per heavy atom. The molecule has 3 rings (SSSR count). The standard InChI is InChI=1S/C25H28N2O3S/c1-4-23(27(31(3,29)30)22-17-11-12-19(2)18-22)25(28)26-24(20-13-7-5-8-14-20)21-15-9-6-10-16-21/h5-18,23-24H,4H2,1-3H3,(H,26,28). The van der Waals surface area contributed by atoms with E-state index < -0.39 is 16.1 Å². The molecule has 31 heavy (non-hydrogen) atoms. The molecule has 0 heterocycles. The smallest absolute Gasteiger partial charge is 0.244 e. The number of carbonyl (C=O) groups excluding carboxylic acids is 1. The van der Waals surface area contributed by atoms with Crippen LogP contribution in [0.25, 0.3) is 0 Å². The summed E-state index contributed by atoms with van der Waals surface area (Å²) in [5.74, 6) is -0.341. The zero-order valence-electron chi connectivity index (χ0n) is 18.0. The molecule has 0 bridgehead atoms. The molecule has 162 valence electrons. The predicted octanol–water partition coefficient (Wildman–Crippen LogP) is 4.45. The monoisotopic (exact) mass is 436 g/mol. The number of anilines is 1. The van der Waals surface area contributed by atoms with Crippen LogP contribution in [-0.2, 0) is 14.8 Å². The van der Waals surface area contributed by atoms with Crippen LogP contribution in [0.5, 0.6) is 0 Å². The third-order valence-electron chi connectivity index (χ3n) is 5.14. The molecule has 5 nitrogen and oxygen atoms in total. The van der Waals surface area contributed by atoms with Gasteiger partial charge in [0.05, 0.1) is 18.0 Å². The lowest BCUT2D eigenvalue weighted by atomic mass is 9.98. The Labute approximate surface area is 184 Å². The van der Waals surface area contributed by atoms with Crippen molar-refractivity contribution < 1.29 is 13.2 Å². The number of amides is 1.